The standard InChI is InChI=1S/C17H26N4/c1-6-15-19-20-16(21(15)5)12-18-13(2)17(3,4)14-10-8-7-9-11-14/h7-11,13,18H,6,12H2,1-5H3. The molecule has 0 aliphatic heterocycles. The van der Waals surface area contributed by atoms with Gasteiger partial charge >= 0.3 is 0 Å². The molecule has 1 N–H and O–H groups in total. The van der Waals surface area contributed by atoms with Crippen molar-refractivity contribution in [1.29, 1.82) is 0 Å². The Bertz CT molecular complexity index is 572. The minimum absolute atomic E-state index is 0.0629. The molecule has 0 fully saturated rings. The Morgan fingerprint density at radius 2 is 1.76 bits per heavy atom. The maximum atomic E-state index is 4.26. The van der Waals surface area contributed by atoms with Crippen molar-refractivity contribution in [3.8, 4) is 0 Å². The van der Waals surface area contributed by atoms with Gasteiger partial charge in [0.15, 0.2) is 0 Å². The van der Waals surface area contributed by atoms with Crippen molar-refractivity contribution in [2.24, 2.45) is 7.05 Å². The first-order valence-corrected chi connectivity index (χ1v) is 7.62. The van der Waals surface area contributed by atoms with Crippen molar-refractivity contribution in [3.63, 3.8) is 0 Å². The zero-order chi connectivity index (χ0) is 15.5. The highest BCUT2D eigenvalue weighted by Gasteiger charge is 2.27. The second-order valence-corrected chi connectivity index (χ2v) is 6.14. The Hall–Kier alpha value is -1.68. The number of hydrogen-bond acceptors (Lipinski definition) is 3. The number of aryl methyl sites for hydroxylation is 1. The summed E-state index contributed by atoms with van der Waals surface area (Å²) in [7, 11) is 2.03. The minimum atomic E-state index is 0.0629. The molecule has 21 heavy (non-hydrogen) atoms. The fourth-order valence-corrected chi connectivity index (χ4v) is 2.48. The highest BCUT2D eigenvalue weighted by atomic mass is 15.3. The monoisotopic (exact) mass is 286 g/mol. The molecule has 0 radical (unpaired) electrons. The van der Waals surface area contributed by atoms with Gasteiger partial charge in [-0.05, 0) is 12.5 Å². The minimum Gasteiger partial charge on any atom is -0.317 e. The molecular weight excluding hydrogens is 260 g/mol. The van der Waals surface area contributed by atoms with E-state index in [1.807, 2.05) is 7.05 Å². The zero-order valence-electron chi connectivity index (χ0n) is 13.7. The highest BCUT2D eigenvalue weighted by molar-refractivity contribution is 5.25. The molecule has 0 aliphatic rings. The molecule has 0 bridgehead atoms. The summed E-state index contributed by atoms with van der Waals surface area (Å²) in [5, 5.41) is 12.1. The van der Waals surface area contributed by atoms with Crippen molar-refractivity contribution in [2.45, 2.75) is 52.1 Å². The van der Waals surface area contributed by atoms with Crippen LogP contribution in [0.2, 0.25) is 0 Å². The van der Waals surface area contributed by atoms with Gasteiger partial charge in [0.1, 0.15) is 11.6 Å². The third-order valence-electron chi connectivity index (χ3n) is 4.54. The fourth-order valence-electron chi connectivity index (χ4n) is 2.48. The van der Waals surface area contributed by atoms with Crippen LogP contribution in [0.15, 0.2) is 30.3 Å². The van der Waals surface area contributed by atoms with Crippen LogP contribution >= 0.6 is 0 Å². The number of nitrogens with one attached hydrogen (secondary N) is 1. The van der Waals surface area contributed by atoms with E-state index in [0.717, 1.165) is 24.6 Å². The molecule has 0 saturated heterocycles. The quantitative estimate of drug-likeness (QED) is 0.888. The van der Waals surface area contributed by atoms with Crippen molar-refractivity contribution in [1.82, 2.24) is 20.1 Å². The van der Waals surface area contributed by atoms with Crippen LogP contribution < -0.4 is 5.32 Å². The first-order valence-electron chi connectivity index (χ1n) is 7.62. The SMILES string of the molecule is CCc1nnc(CNC(C)C(C)(C)c2ccccc2)n1C. The van der Waals surface area contributed by atoms with E-state index in [2.05, 4.69) is 78.1 Å². The lowest BCUT2D eigenvalue weighted by molar-refractivity contribution is 0.356. The van der Waals surface area contributed by atoms with E-state index in [4.69, 9.17) is 0 Å². The van der Waals surface area contributed by atoms with Gasteiger partial charge in [0.25, 0.3) is 0 Å². The van der Waals surface area contributed by atoms with Gasteiger partial charge < -0.3 is 9.88 Å². The van der Waals surface area contributed by atoms with Crippen molar-refractivity contribution in [2.75, 3.05) is 0 Å². The van der Waals surface area contributed by atoms with Gasteiger partial charge in [-0.25, -0.2) is 0 Å². The van der Waals surface area contributed by atoms with E-state index in [0.29, 0.717) is 6.04 Å². The lowest BCUT2D eigenvalue weighted by Crippen LogP contribution is -2.42. The van der Waals surface area contributed by atoms with Gasteiger partial charge in [0.2, 0.25) is 0 Å². The Morgan fingerprint density at radius 3 is 2.33 bits per heavy atom. The van der Waals surface area contributed by atoms with Crippen LogP contribution in [0.25, 0.3) is 0 Å². The van der Waals surface area contributed by atoms with Crippen molar-refractivity contribution < 1.29 is 0 Å². The summed E-state index contributed by atoms with van der Waals surface area (Å²) in [6, 6.07) is 11.0. The predicted octanol–water partition coefficient (Wildman–Crippen LogP) is 2.83. The summed E-state index contributed by atoms with van der Waals surface area (Å²) in [6.45, 7) is 9.61. The summed E-state index contributed by atoms with van der Waals surface area (Å²) < 4.78 is 2.08. The van der Waals surface area contributed by atoms with E-state index in [1.54, 1.807) is 0 Å². The van der Waals surface area contributed by atoms with Gasteiger partial charge in [-0.15, -0.1) is 10.2 Å². The first kappa shape index (κ1) is 15.7. The maximum absolute atomic E-state index is 4.26. The molecule has 4 nitrogen and oxygen atoms in total. The van der Waals surface area contributed by atoms with E-state index < -0.39 is 0 Å². The van der Waals surface area contributed by atoms with Gasteiger partial charge in [-0.2, -0.15) is 0 Å². The molecule has 114 valence electrons. The summed E-state index contributed by atoms with van der Waals surface area (Å²) in [6.07, 6.45) is 0.911. The number of nitrogens with zero attached hydrogens (tertiary/aromatic N) is 3. The molecule has 1 aromatic carbocycles. The molecule has 1 unspecified atom stereocenters. The molecule has 0 saturated carbocycles. The molecule has 0 amide bonds. The van der Waals surface area contributed by atoms with E-state index >= 15 is 0 Å². The van der Waals surface area contributed by atoms with E-state index in [9.17, 15) is 0 Å². The van der Waals surface area contributed by atoms with Crippen LogP contribution in [0, 0.1) is 0 Å². The van der Waals surface area contributed by atoms with Crippen LogP contribution in [0.1, 0.15) is 44.9 Å². The van der Waals surface area contributed by atoms with Crippen LogP contribution in [0.4, 0.5) is 0 Å². The number of benzene rings is 1. The van der Waals surface area contributed by atoms with Crippen LogP contribution in [-0.2, 0) is 25.4 Å². The second kappa shape index (κ2) is 6.39. The Morgan fingerprint density at radius 1 is 1.14 bits per heavy atom. The van der Waals surface area contributed by atoms with Gasteiger partial charge in [0.05, 0.1) is 6.54 Å². The molecular formula is C17H26N4. The molecule has 2 rings (SSSR count). The summed E-state index contributed by atoms with van der Waals surface area (Å²) in [4.78, 5) is 0. The molecule has 1 atom stereocenters. The van der Waals surface area contributed by atoms with Crippen molar-refractivity contribution in [3.05, 3.63) is 47.5 Å². The topological polar surface area (TPSA) is 42.7 Å². The Kier molecular flexibility index (Phi) is 4.78. The van der Waals surface area contributed by atoms with Crippen molar-refractivity contribution >= 4 is 0 Å². The van der Waals surface area contributed by atoms with Gasteiger partial charge in [-0.3, -0.25) is 0 Å². The van der Waals surface area contributed by atoms with E-state index in [1.165, 1.54) is 5.56 Å². The third-order valence-corrected chi connectivity index (χ3v) is 4.54. The first-order chi connectivity index (χ1) is 9.96. The van der Waals surface area contributed by atoms with Crippen LogP contribution in [-0.4, -0.2) is 20.8 Å². The predicted molar refractivity (Wildman–Crippen MR) is 86.2 cm³/mol. The average Bonchev–Trinajstić information content (AvgIpc) is 2.85. The lowest BCUT2D eigenvalue weighted by atomic mass is 9.78. The van der Waals surface area contributed by atoms with Crippen LogP contribution in [0.3, 0.4) is 0 Å². The highest BCUT2D eigenvalue weighted by Crippen LogP contribution is 2.26. The zero-order valence-corrected chi connectivity index (χ0v) is 13.7. The third kappa shape index (κ3) is 3.32. The smallest absolute Gasteiger partial charge is 0.146 e. The molecule has 4 heteroatoms. The van der Waals surface area contributed by atoms with Gasteiger partial charge in [0, 0.05) is 24.9 Å². The van der Waals surface area contributed by atoms with Gasteiger partial charge in [-0.1, -0.05) is 51.1 Å². The molecule has 1 heterocycles. The molecule has 2 aromatic rings. The molecule has 1 aromatic heterocycles. The Labute approximate surface area is 127 Å². The largest absolute Gasteiger partial charge is 0.317 e. The van der Waals surface area contributed by atoms with Crippen LogP contribution in [0.5, 0.6) is 0 Å². The number of rotatable bonds is 6. The summed E-state index contributed by atoms with van der Waals surface area (Å²) >= 11 is 0. The maximum Gasteiger partial charge on any atom is 0.146 e. The normalized spacial score (nSPS) is 13.4. The number of aromatic nitrogens is 3. The fraction of sp³-hybridized carbons (Fsp3) is 0.529. The summed E-state index contributed by atoms with van der Waals surface area (Å²) in [5.74, 6) is 2.02. The Balaban J connectivity index is 2.04. The number of hydrogen-bond donors (Lipinski definition) is 1. The molecule has 0 spiro atoms. The lowest BCUT2D eigenvalue weighted by Gasteiger charge is -2.33. The second-order valence-electron chi connectivity index (χ2n) is 6.14. The summed E-state index contributed by atoms with van der Waals surface area (Å²) in [5.41, 5.74) is 1.41. The molecule has 0 aliphatic carbocycles. The van der Waals surface area contributed by atoms with E-state index in [-0.39, 0.29) is 5.41 Å². The average molecular weight is 286 g/mol.